The summed E-state index contributed by atoms with van der Waals surface area (Å²) in [6, 6.07) is 3.92. The highest BCUT2D eigenvalue weighted by Gasteiger charge is 2.32. The molecule has 0 aliphatic carbocycles. The third-order valence-corrected chi connectivity index (χ3v) is 6.40. The molecule has 0 bridgehead atoms. The van der Waals surface area contributed by atoms with Gasteiger partial charge in [0.25, 0.3) is 0 Å². The Kier molecular flexibility index (Phi) is 7.26. The van der Waals surface area contributed by atoms with E-state index in [1.54, 1.807) is 31.9 Å². The molecule has 2 aromatic heterocycles. The monoisotopic (exact) mass is 437 g/mol. The number of piperidine rings is 2. The number of hydrogen-bond acceptors (Lipinski definition) is 8. The number of hydrogen-bond donors (Lipinski definition) is 1. The fourth-order valence-corrected chi connectivity index (χ4v) is 4.68. The van der Waals surface area contributed by atoms with Crippen LogP contribution in [0, 0.1) is 11.8 Å². The fourth-order valence-electron chi connectivity index (χ4n) is 4.68. The Labute approximate surface area is 188 Å². The lowest BCUT2D eigenvalue weighted by molar-refractivity contribution is -0.138. The molecule has 2 aromatic rings. The van der Waals surface area contributed by atoms with E-state index in [9.17, 15) is 4.79 Å². The van der Waals surface area contributed by atoms with E-state index >= 15 is 0 Å². The summed E-state index contributed by atoms with van der Waals surface area (Å²) in [5.41, 5.74) is 8.51. The first kappa shape index (κ1) is 22.1. The number of carbonyl (C=O) groups excluding carboxylic acids is 1. The van der Waals surface area contributed by atoms with Crippen molar-refractivity contribution < 1.29 is 9.63 Å². The van der Waals surface area contributed by atoms with Gasteiger partial charge in [0, 0.05) is 50.1 Å². The summed E-state index contributed by atoms with van der Waals surface area (Å²) in [6.45, 7) is 4.17. The van der Waals surface area contributed by atoms with Gasteiger partial charge in [-0.15, -0.1) is 0 Å². The van der Waals surface area contributed by atoms with Crippen LogP contribution in [0.25, 0.3) is 0 Å². The number of anilines is 1. The average Bonchev–Trinajstić information content (AvgIpc) is 2.83. The summed E-state index contributed by atoms with van der Waals surface area (Å²) in [6.07, 6.45) is 10.3. The van der Waals surface area contributed by atoms with Crippen LogP contribution in [-0.2, 0) is 16.2 Å². The van der Waals surface area contributed by atoms with Crippen LogP contribution in [0.15, 0.2) is 42.1 Å². The quantitative estimate of drug-likeness (QED) is 0.543. The van der Waals surface area contributed by atoms with Gasteiger partial charge in [0.2, 0.25) is 5.91 Å². The third kappa shape index (κ3) is 5.40. The zero-order chi connectivity index (χ0) is 22.3. The van der Waals surface area contributed by atoms with Crippen molar-refractivity contribution in [2.45, 2.75) is 32.2 Å². The minimum atomic E-state index is 0.109. The Morgan fingerprint density at radius 1 is 1.09 bits per heavy atom. The van der Waals surface area contributed by atoms with Gasteiger partial charge in [-0.05, 0) is 56.5 Å². The number of nitrogens with zero attached hydrogens (tertiary/aromatic N) is 6. The maximum absolute atomic E-state index is 13.1. The lowest BCUT2D eigenvalue weighted by atomic mass is 9.88. The molecule has 2 saturated heterocycles. The first-order chi connectivity index (χ1) is 15.6. The minimum absolute atomic E-state index is 0.109. The largest absolute Gasteiger partial charge is 0.399 e. The smallest absolute Gasteiger partial charge is 0.225 e. The van der Waals surface area contributed by atoms with E-state index in [2.05, 4.69) is 25.0 Å². The van der Waals surface area contributed by atoms with Crippen molar-refractivity contribution in [2.24, 2.45) is 17.0 Å². The standard InChI is InChI=1S/C23H31N7O2/c1-32-28-22(20-15-25-8-9-26-20)18-5-12-30(13-6-18)23(31)19-3-10-29(11-4-19)16-17-2-7-27-21(24)14-17/h2,7-9,14-15,18-19H,3-6,10-13,16H2,1H3,(H2,24,27)/b28-22+. The van der Waals surface area contributed by atoms with Crippen LogP contribution in [0.2, 0.25) is 0 Å². The molecule has 0 aromatic carbocycles. The van der Waals surface area contributed by atoms with Crippen LogP contribution >= 0.6 is 0 Å². The lowest BCUT2D eigenvalue weighted by Crippen LogP contribution is -2.46. The van der Waals surface area contributed by atoms with Gasteiger partial charge in [-0.25, -0.2) is 4.98 Å². The second-order valence-corrected chi connectivity index (χ2v) is 8.49. The van der Waals surface area contributed by atoms with Crippen molar-refractivity contribution >= 4 is 17.4 Å². The second-order valence-electron chi connectivity index (χ2n) is 8.49. The number of likely N-dealkylation sites (tertiary alicyclic amines) is 2. The molecule has 0 atom stereocenters. The zero-order valence-corrected chi connectivity index (χ0v) is 18.6. The molecule has 32 heavy (non-hydrogen) atoms. The van der Waals surface area contributed by atoms with Gasteiger partial charge < -0.3 is 15.5 Å². The number of carbonyl (C=O) groups is 1. The molecule has 170 valence electrons. The molecule has 0 unspecified atom stereocenters. The first-order valence-corrected chi connectivity index (χ1v) is 11.2. The number of oxime groups is 1. The predicted octanol–water partition coefficient (Wildman–Crippen LogP) is 1.96. The lowest BCUT2D eigenvalue weighted by Gasteiger charge is -2.37. The van der Waals surface area contributed by atoms with Crippen LogP contribution in [0.1, 0.15) is 36.9 Å². The molecule has 1 amide bonds. The fraction of sp³-hybridized carbons (Fsp3) is 0.522. The van der Waals surface area contributed by atoms with E-state index in [4.69, 9.17) is 10.6 Å². The van der Waals surface area contributed by atoms with Gasteiger partial charge >= 0.3 is 0 Å². The van der Waals surface area contributed by atoms with E-state index in [1.165, 1.54) is 5.56 Å². The molecule has 2 fully saturated rings. The summed E-state index contributed by atoms with van der Waals surface area (Å²) in [7, 11) is 1.55. The number of aromatic nitrogens is 3. The van der Waals surface area contributed by atoms with Crippen molar-refractivity contribution in [3.63, 3.8) is 0 Å². The summed E-state index contributed by atoms with van der Waals surface area (Å²) in [4.78, 5) is 35.2. The number of nitrogen functional groups attached to an aromatic ring is 1. The number of nitrogens with two attached hydrogens (primary N) is 1. The normalized spacial score (nSPS) is 19.2. The van der Waals surface area contributed by atoms with Gasteiger partial charge in [0.05, 0.1) is 6.20 Å². The van der Waals surface area contributed by atoms with Gasteiger partial charge in [-0.2, -0.15) is 0 Å². The molecule has 4 rings (SSSR count). The zero-order valence-electron chi connectivity index (χ0n) is 18.6. The second kappa shape index (κ2) is 10.5. The highest BCUT2D eigenvalue weighted by Crippen LogP contribution is 2.26. The number of amides is 1. The van der Waals surface area contributed by atoms with Crippen molar-refractivity contribution in [1.82, 2.24) is 24.8 Å². The average molecular weight is 438 g/mol. The molecule has 0 spiro atoms. The topological polar surface area (TPSA) is 110 Å². The van der Waals surface area contributed by atoms with Gasteiger partial charge in [-0.1, -0.05) is 5.16 Å². The van der Waals surface area contributed by atoms with Crippen LogP contribution in [0.5, 0.6) is 0 Å². The van der Waals surface area contributed by atoms with E-state index in [1.807, 2.05) is 17.0 Å². The molecule has 9 heteroatoms. The first-order valence-electron chi connectivity index (χ1n) is 11.2. The Morgan fingerprint density at radius 3 is 2.50 bits per heavy atom. The van der Waals surface area contributed by atoms with Crippen molar-refractivity contribution in [3.8, 4) is 0 Å². The Bertz CT molecular complexity index is 921. The Morgan fingerprint density at radius 2 is 1.84 bits per heavy atom. The van der Waals surface area contributed by atoms with Crippen LogP contribution in [0.4, 0.5) is 5.82 Å². The molecule has 4 heterocycles. The molecule has 0 saturated carbocycles. The maximum Gasteiger partial charge on any atom is 0.225 e. The maximum atomic E-state index is 13.1. The van der Waals surface area contributed by atoms with Crippen molar-refractivity contribution in [1.29, 1.82) is 0 Å². The molecule has 2 N–H and O–H groups in total. The summed E-state index contributed by atoms with van der Waals surface area (Å²) in [5.74, 6) is 1.16. The van der Waals surface area contributed by atoms with Crippen molar-refractivity contribution in [2.75, 3.05) is 39.0 Å². The van der Waals surface area contributed by atoms with Crippen molar-refractivity contribution in [3.05, 3.63) is 48.2 Å². The molecular formula is C23H31N7O2. The Hall–Kier alpha value is -3.07. The van der Waals surface area contributed by atoms with Crippen LogP contribution in [0.3, 0.4) is 0 Å². The summed E-state index contributed by atoms with van der Waals surface area (Å²) < 4.78 is 0. The molecular weight excluding hydrogens is 406 g/mol. The SMILES string of the molecule is CO/N=C(/c1cnccn1)C1CCN(C(=O)C2CCN(Cc3ccnc(N)c3)CC2)CC1. The van der Waals surface area contributed by atoms with Gasteiger partial charge in [0.1, 0.15) is 24.3 Å². The number of rotatable bonds is 6. The van der Waals surface area contributed by atoms with E-state index in [0.29, 0.717) is 11.7 Å². The van der Waals surface area contributed by atoms with E-state index in [-0.39, 0.29) is 11.8 Å². The number of pyridine rings is 1. The summed E-state index contributed by atoms with van der Waals surface area (Å²) >= 11 is 0. The molecule has 0 radical (unpaired) electrons. The predicted molar refractivity (Wildman–Crippen MR) is 122 cm³/mol. The minimum Gasteiger partial charge on any atom is -0.399 e. The molecule has 9 nitrogen and oxygen atoms in total. The Balaban J connectivity index is 1.27. The molecule has 2 aliphatic heterocycles. The summed E-state index contributed by atoms with van der Waals surface area (Å²) in [5, 5.41) is 4.22. The highest BCUT2D eigenvalue weighted by atomic mass is 16.6. The van der Waals surface area contributed by atoms with E-state index in [0.717, 1.165) is 69.8 Å². The van der Waals surface area contributed by atoms with Crippen LogP contribution < -0.4 is 5.73 Å². The van der Waals surface area contributed by atoms with Gasteiger partial charge in [-0.3, -0.25) is 19.7 Å². The highest BCUT2D eigenvalue weighted by molar-refractivity contribution is 6.00. The van der Waals surface area contributed by atoms with E-state index < -0.39 is 0 Å². The van der Waals surface area contributed by atoms with Gasteiger partial charge in [0.15, 0.2) is 0 Å². The molecule has 2 aliphatic rings. The van der Waals surface area contributed by atoms with Crippen LogP contribution in [-0.4, -0.2) is 69.7 Å². The third-order valence-electron chi connectivity index (χ3n) is 6.40.